The molecule has 0 saturated carbocycles. The summed E-state index contributed by atoms with van der Waals surface area (Å²) in [5.41, 5.74) is 4.35. The molecule has 5 nitrogen and oxygen atoms in total. The number of aliphatic hydroxyl groups is 1. The first-order valence-electron chi connectivity index (χ1n) is 6.14. The summed E-state index contributed by atoms with van der Waals surface area (Å²) in [7, 11) is 0. The zero-order chi connectivity index (χ0) is 14.3. The maximum absolute atomic E-state index is 11.7. The topological polar surface area (TPSA) is 89.6 Å². The van der Waals surface area contributed by atoms with Gasteiger partial charge >= 0.3 is 0 Å². The first-order valence-corrected chi connectivity index (χ1v) is 6.14. The van der Waals surface area contributed by atoms with Crippen LogP contribution in [-0.2, 0) is 14.3 Å². The highest BCUT2D eigenvalue weighted by molar-refractivity contribution is 5.88. The Morgan fingerprint density at radius 3 is 2.33 bits per heavy atom. The minimum Gasteiger partial charge on any atom is -0.369 e. The third-order valence-electron chi connectivity index (χ3n) is 3.52. The van der Waals surface area contributed by atoms with Gasteiger partial charge in [0.25, 0.3) is 0 Å². The molecule has 1 aliphatic rings. The maximum atomic E-state index is 11.7. The van der Waals surface area contributed by atoms with Crippen molar-refractivity contribution in [1.29, 1.82) is 0 Å². The molecule has 1 aliphatic heterocycles. The van der Waals surface area contributed by atoms with E-state index in [0.717, 1.165) is 0 Å². The Bertz CT molecular complexity index is 356. The fourth-order valence-electron chi connectivity index (χ4n) is 2.58. The largest absolute Gasteiger partial charge is 0.369 e. The van der Waals surface area contributed by atoms with Crippen LogP contribution >= 0.6 is 0 Å². The van der Waals surface area contributed by atoms with Crippen molar-refractivity contribution in [3.05, 3.63) is 0 Å². The molecular weight excluding hydrogens is 234 g/mol. The number of ketones is 1. The van der Waals surface area contributed by atoms with Gasteiger partial charge in [-0.15, -0.1) is 0 Å². The van der Waals surface area contributed by atoms with Gasteiger partial charge in [-0.2, -0.15) is 0 Å². The molecule has 1 heterocycles. The normalized spacial score (nSPS) is 30.0. The number of hydrogen-bond acceptors (Lipinski definition) is 4. The molecule has 2 unspecified atom stereocenters. The molecule has 0 aliphatic carbocycles. The molecule has 104 valence electrons. The zero-order valence-electron chi connectivity index (χ0n) is 11.7. The number of Topliss-reactive ketones (excluding diaryl/α,β-unsaturated/α-hetero) is 1. The van der Waals surface area contributed by atoms with Crippen LogP contribution in [-0.4, -0.2) is 29.2 Å². The van der Waals surface area contributed by atoms with Crippen LogP contribution in [0.3, 0.4) is 0 Å². The average molecular weight is 257 g/mol. The van der Waals surface area contributed by atoms with Crippen LogP contribution < -0.4 is 5.73 Å². The SMILES string of the molecule is CC1(C)CC(C(C(N)=O)C(C)(C)C)O[C@@H](O)C1=O. The molecule has 1 saturated heterocycles. The van der Waals surface area contributed by atoms with Gasteiger partial charge in [0.1, 0.15) is 0 Å². The summed E-state index contributed by atoms with van der Waals surface area (Å²) in [5, 5.41) is 9.66. The summed E-state index contributed by atoms with van der Waals surface area (Å²) in [6, 6.07) is 0. The number of ether oxygens (including phenoxy) is 1. The number of aliphatic hydroxyl groups excluding tert-OH is 1. The molecule has 0 bridgehead atoms. The molecule has 1 fully saturated rings. The molecule has 0 radical (unpaired) electrons. The van der Waals surface area contributed by atoms with Crippen LogP contribution in [0.2, 0.25) is 0 Å². The van der Waals surface area contributed by atoms with Crippen molar-refractivity contribution in [1.82, 2.24) is 0 Å². The number of rotatable bonds is 2. The van der Waals surface area contributed by atoms with Gasteiger partial charge in [0, 0.05) is 5.41 Å². The Labute approximate surface area is 108 Å². The van der Waals surface area contributed by atoms with E-state index in [4.69, 9.17) is 10.5 Å². The number of hydrogen-bond donors (Lipinski definition) is 2. The van der Waals surface area contributed by atoms with Crippen molar-refractivity contribution in [3.8, 4) is 0 Å². The summed E-state index contributed by atoms with van der Waals surface area (Å²) in [4.78, 5) is 23.4. The van der Waals surface area contributed by atoms with Gasteiger partial charge in [0.05, 0.1) is 12.0 Å². The number of amides is 1. The van der Waals surface area contributed by atoms with E-state index in [1.54, 1.807) is 13.8 Å². The van der Waals surface area contributed by atoms with Crippen molar-refractivity contribution in [2.24, 2.45) is 22.5 Å². The molecule has 3 atom stereocenters. The lowest BCUT2D eigenvalue weighted by molar-refractivity contribution is -0.209. The van der Waals surface area contributed by atoms with Crippen LogP contribution in [0, 0.1) is 16.7 Å². The number of carbonyl (C=O) groups excluding carboxylic acids is 2. The maximum Gasteiger partial charge on any atom is 0.223 e. The van der Waals surface area contributed by atoms with Gasteiger partial charge in [-0.1, -0.05) is 34.6 Å². The molecule has 18 heavy (non-hydrogen) atoms. The summed E-state index contributed by atoms with van der Waals surface area (Å²) < 4.78 is 5.29. The first kappa shape index (κ1) is 15.1. The van der Waals surface area contributed by atoms with E-state index < -0.39 is 29.6 Å². The lowest BCUT2D eigenvalue weighted by Crippen LogP contribution is -2.53. The molecule has 0 aromatic rings. The van der Waals surface area contributed by atoms with Crippen molar-refractivity contribution < 1.29 is 19.4 Å². The van der Waals surface area contributed by atoms with Crippen LogP contribution in [0.4, 0.5) is 0 Å². The Hall–Kier alpha value is -0.940. The minimum atomic E-state index is -1.47. The van der Waals surface area contributed by atoms with E-state index in [9.17, 15) is 14.7 Å². The van der Waals surface area contributed by atoms with Crippen molar-refractivity contribution in [2.45, 2.75) is 53.4 Å². The summed E-state index contributed by atoms with van der Waals surface area (Å²) in [5.74, 6) is -1.36. The highest BCUT2D eigenvalue weighted by Gasteiger charge is 2.48. The van der Waals surface area contributed by atoms with Crippen LogP contribution in [0.25, 0.3) is 0 Å². The molecule has 3 N–H and O–H groups in total. The highest BCUT2D eigenvalue weighted by Crippen LogP contribution is 2.40. The van der Waals surface area contributed by atoms with E-state index in [2.05, 4.69) is 0 Å². The van der Waals surface area contributed by atoms with Crippen LogP contribution in [0.5, 0.6) is 0 Å². The lowest BCUT2D eigenvalue weighted by Gasteiger charge is -2.42. The Morgan fingerprint density at radius 2 is 2.00 bits per heavy atom. The third-order valence-corrected chi connectivity index (χ3v) is 3.52. The second kappa shape index (κ2) is 4.63. The Morgan fingerprint density at radius 1 is 1.50 bits per heavy atom. The van der Waals surface area contributed by atoms with Gasteiger partial charge in [0.2, 0.25) is 12.2 Å². The van der Waals surface area contributed by atoms with Crippen molar-refractivity contribution in [3.63, 3.8) is 0 Å². The second-order valence-corrected chi connectivity index (χ2v) is 6.73. The van der Waals surface area contributed by atoms with Crippen LogP contribution in [0.15, 0.2) is 0 Å². The fourth-order valence-corrected chi connectivity index (χ4v) is 2.58. The minimum absolute atomic E-state index is 0.351. The first-order chi connectivity index (χ1) is 7.97. The fraction of sp³-hybridized carbons (Fsp3) is 0.846. The molecular formula is C13H23NO4. The van der Waals surface area contributed by atoms with Gasteiger partial charge in [-0.25, -0.2) is 0 Å². The summed E-state index contributed by atoms with van der Waals surface area (Å²) in [6.45, 7) is 9.16. The smallest absolute Gasteiger partial charge is 0.223 e. The van der Waals surface area contributed by atoms with E-state index >= 15 is 0 Å². The predicted octanol–water partition coefficient (Wildman–Crippen LogP) is 0.837. The summed E-state index contributed by atoms with van der Waals surface area (Å²) in [6.07, 6.45) is -1.62. The third kappa shape index (κ3) is 2.90. The Kier molecular flexibility index (Phi) is 3.89. The molecule has 5 heteroatoms. The quantitative estimate of drug-likeness (QED) is 0.767. The van der Waals surface area contributed by atoms with Crippen LogP contribution in [0.1, 0.15) is 41.0 Å². The lowest BCUT2D eigenvalue weighted by atomic mass is 9.70. The Balaban J connectivity index is 3.02. The second-order valence-electron chi connectivity index (χ2n) is 6.73. The van der Waals surface area contributed by atoms with Gasteiger partial charge in [-0.3, -0.25) is 9.59 Å². The van der Waals surface area contributed by atoms with E-state index in [1.165, 1.54) is 0 Å². The van der Waals surface area contributed by atoms with E-state index in [-0.39, 0.29) is 11.2 Å². The van der Waals surface area contributed by atoms with E-state index in [0.29, 0.717) is 6.42 Å². The molecule has 0 aromatic carbocycles. The monoisotopic (exact) mass is 257 g/mol. The van der Waals surface area contributed by atoms with Crippen molar-refractivity contribution >= 4 is 11.7 Å². The molecule has 1 rings (SSSR count). The van der Waals surface area contributed by atoms with Gasteiger partial charge < -0.3 is 15.6 Å². The van der Waals surface area contributed by atoms with E-state index in [1.807, 2.05) is 20.8 Å². The standard InChI is InChI=1S/C13H23NO4/c1-12(2,3)8(10(14)16)7-6-13(4,5)9(15)11(17)18-7/h7-8,11,17H,6H2,1-5H3,(H2,14,16)/t7?,8?,11-/m1/s1. The van der Waals surface area contributed by atoms with Gasteiger partial charge in [0.15, 0.2) is 5.78 Å². The molecule has 0 spiro atoms. The molecule has 0 aromatic heterocycles. The predicted molar refractivity (Wildman–Crippen MR) is 66.4 cm³/mol. The number of carbonyl (C=O) groups is 2. The van der Waals surface area contributed by atoms with Gasteiger partial charge in [-0.05, 0) is 11.8 Å². The summed E-state index contributed by atoms with van der Waals surface area (Å²) >= 11 is 0. The molecule has 1 amide bonds. The zero-order valence-corrected chi connectivity index (χ0v) is 11.7. The average Bonchev–Trinajstić information content (AvgIpc) is 2.10. The number of primary amides is 1. The number of nitrogens with two attached hydrogens (primary N) is 1. The van der Waals surface area contributed by atoms with Crippen molar-refractivity contribution in [2.75, 3.05) is 0 Å². The highest BCUT2D eigenvalue weighted by atomic mass is 16.6.